The third-order valence-corrected chi connectivity index (χ3v) is 2.70. The Morgan fingerprint density at radius 3 is 2.88 bits per heavy atom. The second-order valence-corrected chi connectivity index (χ2v) is 4.32. The summed E-state index contributed by atoms with van der Waals surface area (Å²) in [5.74, 6) is 0.734. The molecule has 0 unspecified atom stereocenters. The highest BCUT2D eigenvalue weighted by Crippen LogP contribution is 2.07. The van der Waals surface area contributed by atoms with Crippen LogP contribution in [0.1, 0.15) is 24.0 Å². The molecule has 0 aliphatic rings. The molecule has 0 amide bonds. The summed E-state index contributed by atoms with van der Waals surface area (Å²) in [6, 6.07) is 9.92. The van der Waals surface area contributed by atoms with Crippen LogP contribution < -0.4 is 0 Å². The van der Waals surface area contributed by atoms with Crippen molar-refractivity contribution in [1.29, 1.82) is 5.26 Å². The van der Waals surface area contributed by atoms with Gasteiger partial charge in [-0.1, -0.05) is 12.1 Å². The maximum atomic E-state index is 8.79. The third-order valence-electron chi connectivity index (χ3n) is 2.43. The minimum absolute atomic E-state index is 0.728. The van der Waals surface area contributed by atoms with E-state index in [1.54, 1.807) is 0 Å². The van der Waals surface area contributed by atoms with Crippen LogP contribution in [0.2, 0.25) is 0 Å². The van der Waals surface area contributed by atoms with E-state index in [1.165, 1.54) is 5.56 Å². The van der Waals surface area contributed by atoms with Crippen LogP contribution in [0.5, 0.6) is 0 Å². The summed E-state index contributed by atoms with van der Waals surface area (Å²) in [5, 5.41) is 8.79. The van der Waals surface area contributed by atoms with E-state index in [4.69, 9.17) is 16.9 Å². The summed E-state index contributed by atoms with van der Waals surface area (Å²) in [4.78, 5) is 2.25. The second kappa shape index (κ2) is 7.27. The Morgan fingerprint density at radius 1 is 1.38 bits per heavy atom. The molecule has 16 heavy (non-hydrogen) atoms. The molecule has 2 nitrogen and oxygen atoms in total. The predicted octanol–water partition coefficient (Wildman–Crippen LogP) is 3.01. The van der Waals surface area contributed by atoms with E-state index < -0.39 is 0 Å². The Kier molecular flexibility index (Phi) is 5.92. The molecule has 0 saturated heterocycles. The van der Waals surface area contributed by atoms with E-state index in [2.05, 4.69) is 24.1 Å². The molecule has 0 saturated carbocycles. The molecule has 1 rings (SSSR count). The summed E-state index contributed by atoms with van der Waals surface area (Å²) >= 11 is 5.63. The van der Waals surface area contributed by atoms with Crippen LogP contribution in [0.15, 0.2) is 24.3 Å². The molecule has 0 atom stereocenters. The lowest BCUT2D eigenvalue weighted by Crippen LogP contribution is -2.19. The number of nitriles is 1. The SMILES string of the molecule is CN(CCCCCl)Cc1cccc(C#N)c1. The van der Waals surface area contributed by atoms with Crippen LogP contribution >= 0.6 is 11.6 Å². The average molecular weight is 237 g/mol. The smallest absolute Gasteiger partial charge is 0.0991 e. The van der Waals surface area contributed by atoms with Gasteiger partial charge in [0.15, 0.2) is 0 Å². The molecule has 0 N–H and O–H groups in total. The maximum absolute atomic E-state index is 8.79. The number of unbranched alkanes of at least 4 members (excludes halogenated alkanes) is 1. The van der Waals surface area contributed by atoms with E-state index in [9.17, 15) is 0 Å². The van der Waals surface area contributed by atoms with Crippen molar-refractivity contribution in [3.8, 4) is 6.07 Å². The summed E-state index contributed by atoms with van der Waals surface area (Å²) in [6.07, 6.45) is 2.18. The van der Waals surface area contributed by atoms with Gasteiger partial charge in [0.1, 0.15) is 0 Å². The Bertz CT molecular complexity index is 357. The molecule has 0 aliphatic carbocycles. The molecular weight excluding hydrogens is 220 g/mol. The van der Waals surface area contributed by atoms with Gasteiger partial charge in [-0.25, -0.2) is 0 Å². The van der Waals surface area contributed by atoms with Crippen molar-refractivity contribution in [3.63, 3.8) is 0 Å². The Morgan fingerprint density at radius 2 is 2.19 bits per heavy atom. The van der Waals surface area contributed by atoms with Crippen LogP contribution in [0.25, 0.3) is 0 Å². The fourth-order valence-corrected chi connectivity index (χ4v) is 1.80. The van der Waals surface area contributed by atoms with Crippen molar-refractivity contribution >= 4 is 11.6 Å². The first-order valence-corrected chi connectivity index (χ1v) is 6.03. The van der Waals surface area contributed by atoms with Crippen LogP contribution in [-0.2, 0) is 6.54 Å². The van der Waals surface area contributed by atoms with E-state index in [-0.39, 0.29) is 0 Å². The topological polar surface area (TPSA) is 27.0 Å². The first kappa shape index (κ1) is 13.0. The van der Waals surface area contributed by atoms with E-state index in [0.717, 1.165) is 37.4 Å². The first-order valence-electron chi connectivity index (χ1n) is 5.50. The van der Waals surface area contributed by atoms with Gasteiger partial charge in [-0.2, -0.15) is 5.26 Å². The quantitative estimate of drug-likeness (QED) is 0.561. The molecular formula is C13H17ClN2. The number of nitrogens with zero attached hydrogens (tertiary/aromatic N) is 2. The molecule has 0 spiro atoms. The Balaban J connectivity index is 2.43. The highest BCUT2D eigenvalue weighted by molar-refractivity contribution is 6.17. The lowest BCUT2D eigenvalue weighted by atomic mass is 10.1. The zero-order chi connectivity index (χ0) is 11.8. The Labute approximate surface area is 102 Å². The summed E-state index contributed by atoms with van der Waals surface area (Å²) in [6.45, 7) is 1.93. The van der Waals surface area contributed by atoms with Gasteiger partial charge in [0.05, 0.1) is 11.6 Å². The normalized spacial score (nSPS) is 10.4. The standard InChI is InChI=1S/C13H17ClN2/c1-16(8-3-2-7-14)11-13-6-4-5-12(9-13)10-15/h4-6,9H,2-3,7-8,11H2,1H3. The van der Waals surface area contributed by atoms with Crippen molar-refractivity contribution in [2.24, 2.45) is 0 Å². The average Bonchev–Trinajstić information content (AvgIpc) is 2.29. The number of hydrogen-bond donors (Lipinski definition) is 0. The zero-order valence-corrected chi connectivity index (χ0v) is 10.4. The Hall–Kier alpha value is -1.04. The van der Waals surface area contributed by atoms with E-state index >= 15 is 0 Å². The second-order valence-electron chi connectivity index (χ2n) is 3.95. The predicted molar refractivity (Wildman–Crippen MR) is 67.4 cm³/mol. The summed E-state index contributed by atoms with van der Waals surface area (Å²) in [7, 11) is 2.09. The molecule has 0 radical (unpaired) electrons. The van der Waals surface area contributed by atoms with Crippen molar-refractivity contribution in [2.75, 3.05) is 19.5 Å². The van der Waals surface area contributed by atoms with Gasteiger partial charge in [0.2, 0.25) is 0 Å². The summed E-state index contributed by atoms with van der Waals surface area (Å²) < 4.78 is 0. The minimum atomic E-state index is 0.728. The van der Waals surface area contributed by atoms with Gasteiger partial charge in [0, 0.05) is 12.4 Å². The van der Waals surface area contributed by atoms with Crippen LogP contribution in [0, 0.1) is 11.3 Å². The van der Waals surface area contributed by atoms with Crippen LogP contribution in [-0.4, -0.2) is 24.4 Å². The summed E-state index contributed by atoms with van der Waals surface area (Å²) in [5.41, 5.74) is 1.92. The number of rotatable bonds is 6. The van der Waals surface area contributed by atoms with Gasteiger partial charge < -0.3 is 4.90 Å². The highest BCUT2D eigenvalue weighted by Gasteiger charge is 2.00. The lowest BCUT2D eigenvalue weighted by Gasteiger charge is -2.16. The largest absolute Gasteiger partial charge is 0.302 e. The fourth-order valence-electron chi connectivity index (χ4n) is 1.61. The molecule has 0 aliphatic heterocycles. The molecule has 0 aromatic heterocycles. The highest BCUT2D eigenvalue weighted by atomic mass is 35.5. The van der Waals surface area contributed by atoms with Crippen LogP contribution in [0.3, 0.4) is 0 Å². The number of hydrogen-bond acceptors (Lipinski definition) is 2. The van der Waals surface area contributed by atoms with Crippen LogP contribution in [0.4, 0.5) is 0 Å². The van der Waals surface area contributed by atoms with Gasteiger partial charge in [-0.05, 0) is 44.1 Å². The minimum Gasteiger partial charge on any atom is -0.302 e. The number of benzene rings is 1. The van der Waals surface area contributed by atoms with Crippen molar-refractivity contribution in [1.82, 2.24) is 4.90 Å². The molecule has 86 valence electrons. The van der Waals surface area contributed by atoms with E-state index in [1.807, 2.05) is 18.2 Å². The first-order chi connectivity index (χ1) is 7.76. The van der Waals surface area contributed by atoms with Gasteiger partial charge in [0.25, 0.3) is 0 Å². The maximum Gasteiger partial charge on any atom is 0.0991 e. The lowest BCUT2D eigenvalue weighted by molar-refractivity contribution is 0.321. The fraction of sp³-hybridized carbons (Fsp3) is 0.462. The van der Waals surface area contributed by atoms with E-state index in [0.29, 0.717) is 0 Å². The molecule has 3 heteroatoms. The monoisotopic (exact) mass is 236 g/mol. The van der Waals surface area contributed by atoms with Crippen molar-refractivity contribution in [2.45, 2.75) is 19.4 Å². The molecule has 1 aromatic carbocycles. The molecule has 0 heterocycles. The number of alkyl halides is 1. The van der Waals surface area contributed by atoms with Gasteiger partial charge in [-0.15, -0.1) is 11.6 Å². The van der Waals surface area contributed by atoms with Crippen molar-refractivity contribution < 1.29 is 0 Å². The molecule has 0 fully saturated rings. The molecule has 1 aromatic rings. The zero-order valence-electron chi connectivity index (χ0n) is 9.62. The van der Waals surface area contributed by atoms with Gasteiger partial charge >= 0.3 is 0 Å². The number of halogens is 1. The van der Waals surface area contributed by atoms with Crippen molar-refractivity contribution in [3.05, 3.63) is 35.4 Å². The van der Waals surface area contributed by atoms with Gasteiger partial charge in [-0.3, -0.25) is 0 Å². The third kappa shape index (κ3) is 4.65. The molecule has 0 bridgehead atoms.